The summed E-state index contributed by atoms with van der Waals surface area (Å²) in [6.07, 6.45) is 0.380. The average Bonchev–Trinajstić information content (AvgIpc) is 2.44. The van der Waals surface area contributed by atoms with Crippen molar-refractivity contribution in [3.05, 3.63) is 29.3 Å². The minimum Gasteiger partial charge on any atom is -0.496 e. The van der Waals surface area contributed by atoms with Crippen molar-refractivity contribution in [2.75, 3.05) is 34.3 Å². The van der Waals surface area contributed by atoms with Gasteiger partial charge in [-0.25, -0.2) is 0 Å². The Morgan fingerprint density at radius 2 is 2.05 bits per heavy atom. The van der Waals surface area contributed by atoms with E-state index in [0.717, 1.165) is 5.56 Å². The molecule has 0 atom stereocenters. The monoisotopic (exact) mass is 278 g/mol. The third-order valence-electron chi connectivity index (χ3n) is 3.07. The molecule has 110 valence electrons. The van der Waals surface area contributed by atoms with Crippen LogP contribution in [0.1, 0.15) is 22.3 Å². The molecule has 0 heterocycles. The maximum Gasteiger partial charge on any atom is 0.221 e. The predicted molar refractivity (Wildman–Crippen MR) is 78.2 cm³/mol. The molecule has 1 aromatic rings. The molecule has 5 heteroatoms. The fourth-order valence-corrected chi connectivity index (χ4v) is 1.86. The van der Waals surface area contributed by atoms with Crippen molar-refractivity contribution in [3.63, 3.8) is 0 Å². The van der Waals surface area contributed by atoms with E-state index in [1.165, 1.54) is 0 Å². The maximum absolute atomic E-state index is 12.2. The van der Waals surface area contributed by atoms with Gasteiger partial charge in [-0.2, -0.15) is 0 Å². The van der Waals surface area contributed by atoms with Crippen molar-refractivity contribution in [2.24, 2.45) is 0 Å². The lowest BCUT2D eigenvalue weighted by Gasteiger charge is -2.16. The van der Waals surface area contributed by atoms with Gasteiger partial charge >= 0.3 is 0 Å². The minimum atomic E-state index is -0.0304. The lowest BCUT2D eigenvalue weighted by atomic mass is 10.1. The Bertz CT molecular complexity index is 486. The average molecular weight is 278 g/mol. The quantitative estimate of drug-likeness (QED) is 0.763. The van der Waals surface area contributed by atoms with Gasteiger partial charge in [-0.15, -0.1) is 0 Å². The Morgan fingerprint density at radius 1 is 1.35 bits per heavy atom. The van der Waals surface area contributed by atoms with Crippen LogP contribution in [-0.4, -0.2) is 50.9 Å². The largest absolute Gasteiger partial charge is 0.496 e. The molecule has 0 aromatic heterocycles. The first-order valence-electron chi connectivity index (χ1n) is 6.55. The van der Waals surface area contributed by atoms with Crippen LogP contribution < -0.4 is 10.1 Å². The van der Waals surface area contributed by atoms with E-state index < -0.39 is 0 Å². The van der Waals surface area contributed by atoms with Gasteiger partial charge in [0.1, 0.15) is 5.75 Å². The number of amides is 1. The number of rotatable bonds is 7. The molecule has 20 heavy (non-hydrogen) atoms. The van der Waals surface area contributed by atoms with E-state index in [1.54, 1.807) is 20.2 Å². The summed E-state index contributed by atoms with van der Waals surface area (Å²) in [6, 6.07) is 5.52. The van der Waals surface area contributed by atoms with Crippen LogP contribution in [0.5, 0.6) is 5.75 Å². The van der Waals surface area contributed by atoms with Crippen molar-refractivity contribution in [2.45, 2.75) is 13.3 Å². The number of nitrogens with zero attached hydrogens (tertiary/aromatic N) is 1. The summed E-state index contributed by atoms with van der Waals surface area (Å²) in [5.74, 6) is 0.549. The summed E-state index contributed by atoms with van der Waals surface area (Å²) in [5.41, 5.74) is 1.62. The number of likely N-dealkylation sites (N-methyl/N-ethyl adjacent to an activating group) is 1. The maximum atomic E-state index is 12.2. The van der Waals surface area contributed by atoms with Gasteiger partial charge in [-0.05, 0) is 31.7 Å². The smallest absolute Gasteiger partial charge is 0.221 e. The number of ketones is 1. The number of hydrogen-bond donors (Lipinski definition) is 1. The third kappa shape index (κ3) is 4.66. The SMILES string of the molecule is CNC(=O)CCN(C)CC(=O)c1ccc(C)cc1OC. The fraction of sp³-hybridized carbons (Fsp3) is 0.467. The summed E-state index contributed by atoms with van der Waals surface area (Å²) >= 11 is 0. The summed E-state index contributed by atoms with van der Waals surface area (Å²) in [7, 11) is 4.98. The molecule has 0 saturated heterocycles. The van der Waals surface area contributed by atoms with Gasteiger partial charge in [-0.3, -0.25) is 14.5 Å². The van der Waals surface area contributed by atoms with Crippen LogP contribution in [0, 0.1) is 6.92 Å². The first-order chi connectivity index (χ1) is 9.47. The second kappa shape index (κ2) is 7.65. The summed E-state index contributed by atoms with van der Waals surface area (Å²) < 4.78 is 5.24. The van der Waals surface area contributed by atoms with Crippen LogP contribution in [0.15, 0.2) is 18.2 Å². The number of benzene rings is 1. The van der Waals surface area contributed by atoms with Crippen molar-refractivity contribution in [1.29, 1.82) is 0 Å². The normalized spacial score (nSPS) is 10.4. The van der Waals surface area contributed by atoms with Crippen molar-refractivity contribution in [3.8, 4) is 5.75 Å². The third-order valence-corrected chi connectivity index (χ3v) is 3.07. The standard InChI is InChI=1S/C15H22N2O3/c1-11-5-6-12(14(9-11)20-4)13(18)10-17(3)8-7-15(19)16-2/h5-6,9H,7-8,10H2,1-4H3,(H,16,19). The van der Waals surface area contributed by atoms with Crippen LogP contribution in [-0.2, 0) is 4.79 Å². The molecule has 0 aliphatic heterocycles. The predicted octanol–water partition coefficient (Wildman–Crippen LogP) is 1.25. The van der Waals surface area contributed by atoms with Crippen LogP contribution >= 0.6 is 0 Å². The van der Waals surface area contributed by atoms with Gasteiger partial charge < -0.3 is 10.1 Å². The van der Waals surface area contributed by atoms with Crippen molar-refractivity contribution in [1.82, 2.24) is 10.2 Å². The molecule has 0 aliphatic carbocycles. The number of aryl methyl sites for hydroxylation is 1. The lowest BCUT2D eigenvalue weighted by Crippen LogP contribution is -2.30. The Labute approximate surface area is 119 Å². The Kier molecular flexibility index (Phi) is 6.18. The number of carbonyl (C=O) groups excluding carboxylic acids is 2. The fourth-order valence-electron chi connectivity index (χ4n) is 1.86. The number of ether oxygens (including phenoxy) is 1. The molecule has 1 rings (SSSR count). The van der Waals surface area contributed by atoms with E-state index in [0.29, 0.717) is 24.3 Å². The van der Waals surface area contributed by atoms with E-state index in [1.807, 2.05) is 31.0 Å². The molecule has 1 N–H and O–H groups in total. The van der Waals surface area contributed by atoms with Crippen LogP contribution in [0.2, 0.25) is 0 Å². The number of methoxy groups -OCH3 is 1. The van der Waals surface area contributed by atoms with Crippen LogP contribution in [0.4, 0.5) is 0 Å². The number of Topliss-reactive ketones (excluding diaryl/α,β-unsaturated/α-hetero) is 1. The first kappa shape index (κ1) is 16.2. The van der Waals surface area contributed by atoms with Gasteiger partial charge in [0.2, 0.25) is 5.91 Å². The molecule has 0 bridgehead atoms. The number of nitrogens with one attached hydrogen (secondary N) is 1. The van der Waals surface area contributed by atoms with E-state index in [9.17, 15) is 9.59 Å². The molecule has 0 unspecified atom stereocenters. The number of hydrogen-bond acceptors (Lipinski definition) is 4. The van der Waals surface area contributed by atoms with Crippen molar-refractivity contribution >= 4 is 11.7 Å². The highest BCUT2D eigenvalue weighted by atomic mass is 16.5. The van der Waals surface area contributed by atoms with Gasteiger partial charge in [0.25, 0.3) is 0 Å². The van der Waals surface area contributed by atoms with E-state index in [-0.39, 0.29) is 18.2 Å². The molecule has 0 saturated carbocycles. The summed E-state index contributed by atoms with van der Waals surface area (Å²) in [5, 5.41) is 2.56. The molecular weight excluding hydrogens is 256 g/mol. The minimum absolute atomic E-state index is 0.0127. The Hall–Kier alpha value is -1.88. The molecule has 5 nitrogen and oxygen atoms in total. The summed E-state index contributed by atoms with van der Waals surface area (Å²) in [4.78, 5) is 25.2. The molecule has 0 spiro atoms. The molecular formula is C15H22N2O3. The van der Waals surface area contributed by atoms with Gasteiger partial charge in [-0.1, -0.05) is 6.07 Å². The van der Waals surface area contributed by atoms with Gasteiger partial charge in [0.05, 0.1) is 19.2 Å². The van der Waals surface area contributed by atoms with E-state index in [2.05, 4.69) is 5.32 Å². The van der Waals surface area contributed by atoms with Crippen LogP contribution in [0.25, 0.3) is 0 Å². The van der Waals surface area contributed by atoms with E-state index in [4.69, 9.17) is 4.74 Å². The van der Waals surface area contributed by atoms with Gasteiger partial charge in [0.15, 0.2) is 5.78 Å². The highest BCUT2D eigenvalue weighted by molar-refractivity contribution is 6.00. The first-order valence-corrected chi connectivity index (χ1v) is 6.55. The molecule has 1 amide bonds. The Balaban J connectivity index is 2.64. The highest BCUT2D eigenvalue weighted by Gasteiger charge is 2.14. The highest BCUT2D eigenvalue weighted by Crippen LogP contribution is 2.20. The molecule has 0 aliphatic rings. The zero-order valence-corrected chi connectivity index (χ0v) is 12.5. The van der Waals surface area contributed by atoms with E-state index >= 15 is 0 Å². The van der Waals surface area contributed by atoms with Crippen molar-refractivity contribution < 1.29 is 14.3 Å². The second-order valence-electron chi connectivity index (χ2n) is 4.79. The lowest BCUT2D eigenvalue weighted by molar-refractivity contribution is -0.120. The number of carbonyl (C=O) groups is 2. The van der Waals surface area contributed by atoms with Gasteiger partial charge in [0, 0.05) is 20.0 Å². The molecule has 1 aromatic carbocycles. The second-order valence-corrected chi connectivity index (χ2v) is 4.79. The van der Waals surface area contributed by atoms with Crippen LogP contribution in [0.3, 0.4) is 0 Å². The zero-order chi connectivity index (χ0) is 15.1. The molecule has 0 radical (unpaired) electrons. The zero-order valence-electron chi connectivity index (χ0n) is 12.5. The molecule has 0 fully saturated rings. The topological polar surface area (TPSA) is 58.6 Å². The summed E-state index contributed by atoms with van der Waals surface area (Å²) in [6.45, 7) is 2.75. The Morgan fingerprint density at radius 3 is 2.65 bits per heavy atom.